The fraction of sp³-hybridized carbons (Fsp3) is 0.200. The molecule has 0 radical (unpaired) electrons. The Morgan fingerprint density at radius 2 is 1.80 bits per heavy atom. The maximum atomic E-state index is 12.7. The second-order valence-corrected chi connectivity index (χ2v) is 6.64. The van der Waals surface area contributed by atoms with E-state index in [1.54, 1.807) is 7.05 Å². The van der Waals surface area contributed by atoms with E-state index >= 15 is 0 Å². The molecule has 0 spiro atoms. The Morgan fingerprint density at radius 1 is 1.00 bits per heavy atom. The minimum Gasteiger partial charge on any atom is -0.368 e. The third-order valence-electron chi connectivity index (χ3n) is 5.29. The summed E-state index contributed by atoms with van der Waals surface area (Å²) in [5.41, 5.74) is 5.38. The number of nitrogens with one attached hydrogen (secondary N) is 1. The molecule has 5 heteroatoms. The second-order valence-electron chi connectivity index (χ2n) is 6.64. The van der Waals surface area contributed by atoms with Crippen LogP contribution in [-0.4, -0.2) is 30.3 Å². The van der Waals surface area contributed by atoms with Crippen molar-refractivity contribution in [3.8, 4) is 0 Å². The van der Waals surface area contributed by atoms with E-state index in [2.05, 4.69) is 23.5 Å². The number of imide groups is 1. The number of nitrogens with zero attached hydrogens (tertiary/aromatic N) is 2. The zero-order chi connectivity index (χ0) is 17.1. The van der Waals surface area contributed by atoms with Gasteiger partial charge in [-0.2, -0.15) is 0 Å². The van der Waals surface area contributed by atoms with Crippen LogP contribution < -0.4 is 10.2 Å². The van der Waals surface area contributed by atoms with Gasteiger partial charge >= 0.3 is 0 Å². The maximum absolute atomic E-state index is 12.7. The quantitative estimate of drug-likeness (QED) is 0.812. The molecule has 1 unspecified atom stereocenters. The largest absolute Gasteiger partial charge is 0.368 e. The van der Waals surface area contributed by atoms with Crippen LogP contribution in [-0.2, 0) is 16.0 Å². The Labute approximate surface area is 145 Å². The average Bonchev–Trinajstić information content (AvgIpc) is 3.10. The Balaban J connectivity index is 1.78. The molecule has 0 bridgehead atoms. The van der Waals surface area contributed by atoms with E-state index in [1.807, 2.05) is 35.2 Å². The lowest BCUT2D eigenvalue weighted by Crippen LogP contribution is -2.33. The fourth-order valence-corrected chi connectivity index (χ4v) is 4.08. The lowest BCUT2D eigenvalue weighted by Gasteiger charge is -2.24. The van der Waals surface area contributed by atoms with E-state index in [-0.39, 0.29) is 17.9 Å². The maximum Gasteiger partial charge on any atom is 0.279 e. The van der Waals surface area contributed by atoms with Crippen molar-refractivity contribution in [3.63, 3.8) is 0 Å². The van der Waals surface area contributed by atoms with Crippen LogP contribution in [0.3, 0.4) is 0 Å². The summed E-state index contributed by atoms with van der Waals surface area (Å²) >= 11 is 0. The van der Waals surface area contributed by atoms with E-state index in [1.165, 1.54) is 10.5 Å². The van der Waals surface area contributed by atoms with Gasteiger partial charge in [-0.25, -0.2) is 0 Å². The number of fused-ring (bicyclic) bond motifs is 1. The van der Waals surface area contributed by atoms with Crippen molar-refractivity contribution in [2.45, 2.75) is 12.5 Å². The topological polar surface area (TPSA) is 52.7 Å². The number of benzene rings is 2. The van der Waals surface area contributed by atoms with Gasteiger partial charge in [-0.3, -0.25) is 14.5 Å². The Kier molecular flexibility index (Phi) is 2.83. The number of carbonyl (C=O) groups is 2. The van der Waals surface area contributed by atoms with Crippen molar-refractivity contribution >= 4 is 17.5 Å². The number of carbonyl (C=O) groups excluding carboxylic acids is 2. The predicted molar refractivity (Wildman–Crippen MR) is 93.7 cm³/mol. The highest BCUT2D eigenvalue weighted by molar-refractivity contribution is 6.20. The van der Waals surface area contributed by atoms with Crippen molar-refractivity contribution in [3.05, 3.63) is 76.6 Å². The van der Waals surface area contributed by atoms with Crippen LogP contribution in [0.15, 0.2) is 59.9 Å². The molecule has 1 atom stereocenters. The van der Waals surface area contributed by atoms with E-state index in [4.69, 9.17) is 0 Å². The van der Waals surface area contributed by atoms with Gasteiger partial charge in [-0.05, 0) is 17.5 Å². The number of likely N-dealkylation sites (N-methyl/N-ethyl adjacent to an activating group) is 1. The first kappa shape index (κ1) is 14.3. The van der Waals surface area contributed by atoms with Crippen LogP contribution in [0.1, 0.15) is 22.7 Å². The molecule has 3 aliphatic heterocycles. The van der Waals surface area contributed by atoms with Gasteiger partial charge in [0.25, 0.3) is 11.8 Å². The molecule has 2 aromatic rings. The molecule has 0 fully saturated rings. The minimum atomic E-state index is -0.262. The van der Waals surface area contributed by atoms with Gasteiger partial charge in [0.1, 0.15) is 11.4 Å². The summed E-state index contributed by atoms with van der Waals surface area (Å²) < 4.78 is 0. The van der Waals surface area contributed by atoms with Crippen molar-refractivity contribution in [2.75, 3.05) is 18.5 Å². The molecule has 124 valence electrons. The van der Waals surface area contributed by atoms with Crippen molar-refractivity contribution in [1.82, 2.24) is 10.2 Å². The van der Waals surface area contributed by atoms with Crippen LogP contribution >= 0.6 is 0 Å². The number of hydrogen-bond acceptors (Lipinski definition) is 4. The van der Waals surface area contributed by atoms with Gasteiger partial charge < -0.3 is 10.2 Å². The normalized spacial score (nSPS) is 21.2. The smallest absolute Gasteiger partial charge is 0.279 e. The van der Waals surface area contributed by atoms with Crippen LogP contribution in [0.2, 0.25) is 0 Å². The van der Waals surface area contributed by atoms with Crippen LogP contribution in [0.5, 0.6) is 0 Å². The first-order valence-corrected chi connectivity index (χ1v) is 8.44. The highest BCUT2D eigenvalue weighted by Crippen LogP contribution is 2.44. The fourth-order valence-electron chi connectivity index (χ4n) is 4.08. The molecule has 5 nitrogen and oxygen atoms in total. The number of para-hydroxylation sites is 1. The highest BCUT2D eigenvalue weighted by Gasteiger charge is 2.45. The highest BCUT2D eigenvalue weighted by atomic mass is 16.2. The molecule has 3 aliphatic rings. The summed E-state index contributed by atoms with van der Waals surface area (Å²) in [6.45, 7) is 0.723. The van der Waals surface area contributed by atoms with Crippen LogP contribution in [0, 0.1) is 0 Å². The lowest BCUT2D eigenvalue weighted by molar-refractivity contribution is -0.136. The van der Waals surface area contributed by atoms with Gasteiger partial charge in [0.05, 0.1) is 11.7 Å². The average molecular weight is 331 g/mol. The molecule has 25 heavy (non-hydrogen) atoms. The molecular formula is C20H17N3O2. The van der Waals surface area contributed by atoms with Crippen molar-refractivity contribution in [1.29, 1.82) is 0 Å². The molecule has 0 saturated heterocycles. The summed E-state index contributed by atoms with van der Waals surface area (Å²) in [5, 5.41) is 3.38. The SMILES string of the molecule is CN1C(=O)C2=C(C1=O)N1CCc3cccc(c31)C(c1ccccc1)N2. The predicted octanol–water partition coefficient (Wildman–Crippen LogP) is 1.95. The molecule has 5 rings (SSSR count). The molecule has 2 aromatic carbocycles. The first-order chi connectivity index (χ1) is 12.2. The molecule has 3 heterocycles. The third kappa shape index (κ3) is 1.83. The van der Waals surface area contributed by atoms with E-state index in [9.17, 15) is 9.59 Å². The van der Waals surface area contributed by atoms with Gasteiger partial charge in [0, 0.05) is 19.2 Å². The zero-order valence-electron chi connectivity index (χ0n) is 13.8. The van der Waals surface area contributed by atoms with Crippen LogP contribution in [0.4, 0.5) is 5.69 Å². The number of rotatable bonds is 1. The molecular weight excluding hydrogens is 314 g/mol. The summed E-state index contributed by atoms with van der Waals surface area (Å²) in [5.74, 6) is -0.494. The van der Waals surface area contributed by atoms with E-state index < -0.39 is 0 Å². The van der Waals surface area contributed by atoms with Gasteiger partial charge in [0.15, 0.2) is 0 Å². The van der Waals surface area contributed by atoms with E-state index in [0.29, 0.717) is 11.4 Å². The monoisotopic (exact) mass is 331 g/mol. The molecule has 2 amide bonds. The summed E-state index contributed by atoms with van der Waals surface area (Å²) in [6.07, 6.45) is 0.882. The summed E-state index contributed by atoms with van der Waals surface area (Å²) in [7, 11) is 1.54. The molecule has 1 N–H and O–H groups in total. The van der Waals surface area contributed by atoms with Gasteiger partial charge in [0.2, 0.25) is 0 Å². The molecule has 0 aromatic heterocycles. The number of anilines is 1. The molecule has 0 saturated carbocycles. The Morgan fingerprint density at radius 3 is 2.60 bits per heavy atom. The lowest BCUT2D eigenvalue weighted by atomic mass is 9.95. The van der Waals surface area contributed by atoms with Crippen LogP contribution in [0.25, 0.3) is 0 Å². The van der Waals surface area contributed by atoms with Gasteiger partial charge in [-0.1, -0.05) is 48.5 Å². The zero-order valence-corrected chi connectivity index (χ0v) is 13.8. The standard InChI is InChI=1S/C20H17N3O2/c1-22-19(24)16-18(20(22)25)23-11-10-13-8-5-9-14(17(13)23)15(21-16)12-6-3-2-4-7-12/h2-9,15,21H,10-11H2,1H3. The summed E-state index contributed by atoms with van der Waals surface area (Å²) in [4.78, 5) is 28.6. The van der Waals surface area contributed by atoms with E-state index in [0.717, 1.165) is 29.8 Å². The van der Waals surface area contributed by atoms with Crippen molar-refractivity contribution < 1.29 is 9.59 Å². The number of amides is 2. The Hall–Kier alpha value is -3.08. The Bertz CT molecular complexity index is 949. The third-order valence-corrected chi connectivity index (χ3v) is 5.29. The van der Waals surface area contributed by atoms with Gasteiger partial charge in [-0.15, -0.1) is 0 Å². The summed E-state index contributed by atoms with van der Waals surface area (Å²) in [6, 6.07) is 16.1. The second kappa shape index (κ2) is 4.96. The minimum absolute atomic E-state index is 0.160. The molecule has 0 aliphatic carbocycles. The number of hydrogen-bond donors (Lipinski definition) is 1. The first-order valence-electron chi connectivity index (χ1n) is 8.44. The van der Waals surface area contributed by atoms with Crippen molar-refractivity contribution in [2.24, 2.45) is 0 Å².